The molecule has 3 rings (SSSR count). The van der Waals surface area contributed by atoms with E-state index in [-0.39, 0.29) is 11.9 Å². The molecular weight excluding hydrogens is 338 g/mol. The van der Waals surface area contributed by atoms with Crippen LogP contribution in [0, 0.1) is 0 Å². The molecule has 2 atom stereocenters. The van der Waals surface area contributed by atoms with Crippen molar-refractivity contribution in [1.82, 2.24) is 5.32 Å². The third kappa shape index (κ3) is 4.82. The Morgan fingerprint density at radius 2 is 1.70 bits per heavy atom. The Morgan fingerprint density at radius 3 is 2.37 bits per heavy atom. The lowest BCUT2D eigenvalue weighted by Gasteiger charge is -2.22. The van der Waals surface area contributed by atoms with Crippen LogP contribution in [0.3, 0.4) is 0 Å². The number of aryl methyl sites for hydroxylation is 2. The first-order valence-corrected chi connectivity index (χ1v) is 9.83. The van der Waals surface area contributed by atoms with E-state index in [4.69, 9.17) is 9.47 Å². The average molecular weight is 367 g/mol. The Balaban J connectivity index is 1.63. The third-order valence-electron chi connectivity index (χ3n) is 5.23. The number of methoxy groups -OCH3 is 1. The van der Waals surface area contributed by atoms with Crippen molar-refractivity contribution in [3.8, 4) is 11.5 Å². The molecule has 1 aliphatic rings. The number of hydrogen-bond acceptors (Lipinski definition) is 3. The van der Waals surface area contributed by atoms with Crippen molar-refractivity contribution in [3.05, 3.63) is 59.2 Å². The number of ether oxygens (including phenoxy) is 2. The van der Waals surface area contributed by atoms with Crippen LogP contribution in [0.2, 0.25) is 0 Å². The highest BCUT2D eigenvalue weighted by molar-refractivity contribution is 5.81. The van der Waals surface area contributed by atoms with E-state index in [1.54, 1.807) is 7.11 Å². The van der Waals surface area contributed by atoms with Crippen molar-refractivity contribution in [2.45, 2.75) is 58.1 Å². The molecule has 0 unspecified atom stereocenters. The molecule has 1 N–H and O–H groups in total. The summed E-state index contributed by atoms with van der Waals surface area (Å²) in [5.74, 6) is 1.35. The van der Waals surface area contributed by atoms with Crippen molar-refractivity contribution < 1.29 is 14.3 Å². The van der Waals surface area contributed by atoms with E-state index in [1.807, 2.05) is 38.1 Å². The lowest BCUT2D eigenvalue weighted by molar-refractivity contribution is -0.128. The van der Waals surface area contributed by atoms with Gasteiger partial charge < -0.3 is 14.8 Å². The molecule has 0 heterocycles. The van der Waals surface area contributed by atoms with Gasteiger partial charge in [-0.15, -0.1) is 0 Å². The first-order chi connectivity index (χ1) is 13.1. The second kappa shape index (κ2) is 8.94. The molecule has 0 saturated heterocycles. The summed E-state index contributed by atoms with van der Waals surface area (Å²) in [7, 11) is 1.63. The fourth-order valence-corrected chi connectivity index (χ4v) is 3.55. The maximum atomic E-state index is 12.7. The van der Waals surface area contributed by atoms with E-state index < -0.39 is 6.10 Å². The number of hydrogen-bond donors (Lipinski definition) is 1. The fourth-order valence-electron chi connectivity index (χ4n) is 3.55. The molecule has 1 aliphatic carbocycles. The van der Waals surface area contributed by atoms with Crippen molar-refractivity contribution in [1.29, 1.82) is 0 Å². The number of fused-ring (bicyclic) bond motifs is 1. The monoisotopic (exact) mass is 367 g/mol. The Bertz CT molecular complexity index is 770. The van der Waals surface area contributed by atoms with Crippen LogP contribution in [0.1, 0.15) is 55.8 Å². The lowest BCUT2D eigenvalue weighted by atomic mass is 9.89. The summed E-state index contributed by atoms with van der Waals surface area (Å²) in [6, 6.07) is 13.9. The molecular formula is C23H29NO3. The van der Waals surface area contributed by atoms with Gasteiger partial charge in [-0.2, -0.15) is 0 Å². The van der Waals surface area contributed by atoms with Crippen LogP contribution >= 0.6 is 0 Å². The van der Waals surface area contributed by atoms with Crippen molar-refractivity contribution >= 4 is 5.91 Å². The van der Waals surface area contributed by atoms with Gasteiger partial charge in [0.15, 0.2) is 6.10 Å². The van der Waals surface area contributed by atoms with Crippen LogP contribution in [0.25, 0.3) is 0 Å². The number of carbonyl (C=O) groups is 1. The molecule has 0 radical (unpaired) electrons. The number of amides is 1. The highest BCUT2D eigenvalue weighted by atomic mass is 16.5. The largest absolute Gasteiger partial charge is 0.497 e. The molecule has 4 nitrogen and oxygen atoms in total. The Morgan fingerprint density at radius 1 is 1.04 bits per heavy atom. The molecule has 0 bridgehead atoms. The number of benzene rings is 2. The van der Waals surface area contributed by atoms with Crippen LogP contribution < -0.4 is 14.8 Å². The van der Waals surface area contributed by atoms with Gasteiger partial charge in [-0.1, -0.05) is 25.1 Å². The zero-order valence-corrected chi connectivity index (χ0v) is 16.5. The van der Waals surface area contributed by atoms with Crippen LogP contribution in [0.4, 0.5) is 0 Å². The zero-order chi connectivity index (χ0) is 19.2. The molecule has 4 heteroatoms. The molecule has 2 aromatic rings. The molecule has 0 spiro atoms. The Hall–Kier alpha value is -2.49. The van der Waals surface area contributed by atoms with Crippen LogP contribution in [-0.2, 0) is 17.6 Å². The number of rotatable bonds is 7. The molecule has 0 aromatic heterocycles. The Labute approximate surface area is 161 Å². The fraction of sp³-hybridized carbons (Fsp3) is 0.435. The highest BCUT2D eigenvalue weighted by Crippen LogP contribution is 2.25. The van der Waals surface area contributed by atoms with E-state index >= 15 is 0 Å². The summed E-state index contributed by atoms with van der Waals surface area (Å²) < 4.78 is 11.0. The van der Waals surface area contributed by atoms with Gasteiger partial charge in [0, 0.05) is 0 Å². The molecule has 2 aromatic carbocycles. The van der Waals surface area contributed by atoms with Gasteiger partial charge in [0.25, 0.3) is 5.91 Å². The molecule has 27 heavy (non-hydrogen) atoms. The van der Waals surface area contributed by atoms with E-state index in [2.05, 4.69) is 23.5 Å². The van der Waals surface area contributed by atoms with Gasteiger partial charge in [-0.05, 0) is 80.0 Å². The van der Waals surface area contributed by atoms with E-state index in [0.717, 1.165) is 17.7 Å². The highest BCUT2D eigenvalue weighted by Gasteiger charge is 2.21. The van der Waals surface area contributed by atoms with Gasteiger partial charge in [0.05, 0.1) is 13.2 Å². The lowest BCUT2D eigenvalue weighted by Crippen LogP contribution is -2.39. The number of carbonyl (C=O) groups excluding carboxylic acids is 1. The minimum Gasteiger partial charge on any atom is -0.497 e. The Kier molecular flexibility index (Phi) is 6.38. The summed E-state index contributed by atoms with van der Waals surface area (Å²) in [6.45, 7) is 3.99. The summed E-state index contributed by atoms with van der Waals surface area (Å²) in [4.78, 5) is 12.7. The first-order valence-electron chi connectivity index (χ1n) is 9.83. The van der Waals surface area contributed by atoms with Crippen molar-refractivity contribution in [2.24, 2.45) is 0 Å². The van der Waals surface area contributed by atoms with Gasteiger partial charge in [0.2, 0.25) is 0 Å². The smallest absolute Gasteiger partial charge is 0.261 e. The van der Waals surface area contributed by atoms with Crippen LogP contribution in [0.5, 0.6) is 11.5 Å². The summed E-state index contributed by atoms with van der Waals surface area (Å²) in [6.07, 6.45) is 4.93. The van der Waals surface area contributed by atoms with Gasteiger partial charge in [-0.3, -0.25) is 4.79 Å². The predicted octanol–water partition coefficient (Wildman–Crippen LogP) is 4.61. The topological polar surface area (TPSA) is 47.6 Å². The average Bonchev–Trinajstić information content (AvgIpc) is 2.71. The normalized spacial score (nSPS) is 15.4. The predicted molar refractivity (Wildman–Crippen MR) is 107 cm³/mol. The van der Waals surface area contributed by atoms with Gasteiger partial charge in [-0.25, -0.2) is 0 Å². The minimum absolute atomic E-state index is 0.0433. The van der Waals surface area contributed by atoms with E-state index in [0.29, 0.717) is 12.2 Å². The van der Waals surface area contributed by atoms with Crippen LogP contribution in [-0.4, -0.2) is 19.1 Å². The van der Waals surface area contributed by atoms with Gasteiger partial charge in [0.1, 0.15) is 11.5 Å². The maximum absolute atomic E-state index is 12.7. The number of nitrogens with one attached hydrogen (secondary N) is 1. The third-order valence-corrected chi connectivity index (χ3v) is 5.23. The second-order valence-electron chi connectivity index (χ2n) is 7.16. The molecule has 1 amide bonds. The standard InChI is InChI=1S/C23H29NO3/c1-4-22(27-21-13-11-20(26-3)12-14-21)23(25)24-16(2)18-10-9-17-7-5-6-8-19(17)15-18/h9-16,22H,4-8H2,1-3H3,(H,24,25)/t16-,22+/m1/s1. The van der Waals surface area contributed by atoms with Crippen molar-refractivity contribution in [3.63, 3.8) is 0 Å². The molecule has 0 fully saturated rings. The summed E-state index contributed by atoms with van der Waals surface area (Å²) >= 11 is 0. The minimum atomic E-state index is -0.515. The van der Waals surface area contributed by atoms with Gasteiger partial charge >= 0.3 is 0 Å². The van der Waals surface area contributed by atoms with Crippen LogP contribution in [0.15, 0.2) is 42.5 Å². The quantitative estimate of drug-likeness (QED) is 0.777. The molecule has 0 saturated carbocycles. The summed E-state index contributed by atoms with van der Waals surface area (Å²) in [5, 5.41) is 3.11. The maximum Gasteiger partial charge on any atom is 0.261 e. The SMILES string of the molecule is CC[C@H](Oc1ccc(OC)cc1)C(=O)N[C@H](C)c1ccc2c(c1)CCCC2. The first kappa shape index (κ1) is 19.3. The molecule has 144 valence electrons. The van der Waals surface area contributed by atoms with Crippen molar-refractivity contribution in [2.75, 3.05) is 7.11 Å². The van der Waals surface area contributed by atoms with E-state index in [1.165, 1.54) is 30.4 Å². The summed E-state index contributed by atoms with van der Waals surface area (Å²) in [5.41, 5.74) is 4.04. The van der Waals surface area contributed by atoms with E-state index in [9.17, 15) is 4.79 Å². The molecule has 0 aliphatic heterocycles. The zero-order valence-electron chi connectivity index (χ0n) is 16.5. The second-order valence-corrected chi connectivity index (χ2v) is 7.16.